The van der Waals surface area contributed by atoms with Crippen molar-refractivity contribution in [2.75, 3.05) is 0 Å². The van der Waals surface area contributed by atoms with Crippen LogP contribution in [-0.2, 0) is 6.42 Å². The van der Waals surface area contributed by atoms with Gasteiger partial charge in [-0.3, -0.25) is 4.99 Å². The molecular formula is C15H25N. The van der Waals surface area contributed by atoms with E-state index < -0.39 is 0 Å². The van der Waals surface area contributed by atoms with Crippen LogP contribution < -0.4 is 0 Å². The maximum atomic E-state index is 3.90. The van der Waals surface area contributed by atoms with Crippen LogP contribution in [0.15, 0.2) is 29.8 Å². The summed E-state index contributed by atoms with van der Waals surface area (Å²) in [6.45, 7) is 17.4. The van der Waals surface area contributed by atoms with Gasteiger partial charge in [0, 0.05) is 0 Å². The molecule has 90 valence electrons. The van der Waals surface area contributed by atoms with Gasteiger partial charge in [0.05, 0.1) is 5.69 Å². The summed E-state index contributed by atoms with van der Waals surface area (Å²) in [5.41, 5.74) is 3.27. The van der Waals surface area contributed by atoms with Crippen molar-refractivity contribution in [3.63, 3.8) is 0 Å². The number of rotatable bonds is 3. The number of hydrogen-bond donors (Lipinski definition) is 0. The molecule has 0 radical (unpaired) electrons. The first-order chi connectivity index (χ1) is 7.81. The molecule has 0 amide bonds. The lowest BCUT2D eigenvalue weighted by molar-refractivity contribution is 1.14. The maximum Gasteiger partial charge on any atom is 0.0694 e. The molecular weight excluding hydrogens is 194 g/mol. The van der Waals surface area contributed by atoms with Crippen LogP contribution >= 0.6 is 0 Å². The third-order valence-electron chi connectivity index (χ3n) is 1.89. The van der Waals surface area contributed by atoms with E-state index in [1.807, 2.05) is 39.8 Å². The van der Waals surface area contributed by atoms with Gasteiger partial charge in [-0.25, -0.2) is 0 Å². The second kappa shape index (κ2) is 11.7. The number of benzene rings is 1. The molecule has 0 fully saturated rings. The summed E-state index contributed by atoms with van der Waals surface area (Å²) in [4.78, 5) is 3.90. The minimum absolute atomic E-state index is 0.905. The summed E-state index contributed by atoms with van der Waals surface area (Å²) >= 11 is 0. The van der Waals surface area contributed by atoms with Crippen LogP contribution in [0, 0.1) is 0 Å². The summed E-state index contributed by atoms with van der Waals surface area (Å²) < 4.78 is 0. The average molecular weight is 219 g/mol. The molecule has 0 aliphatic rings. The zero-order valence-electron chi connectivity index (χ0n) is 11.4. The van der Waals surface area contributed by atoms with Crippen LogP contribution in [0.5, 0.6) is 0 Å². The van der Waals surface area contributed by atoms with E-state index in [4.69, 9.17) is 0 Å². The van der Waals surface area contributed by atoms with Crippen molar-refractivity contribution in [2.45, 2.75) is 41.0 Å². The lowest BCUT2D eigenvalue weighted by atomic mass is 10.1. The van der Waals surface area contributed by atoms with E-state index in [0.29, 0.717) is 0 Å². The van der Waals surface area contributed by atoms with Crippen molar-refractivity contribution < 1.29 is 0 Å². The third kappa shape index (κ3) is 5.50. The normalized spacial score (nSPS) is 7.81. The smallest absolute Gasteiger partial charge is 0.0694 e. The van der Waals surface area contributed by atoms with Crippen molar-refractivity contribution in [1.82, 2.24) is 0 Å². The zero-order chi connectivity index (χ0) is 13.0. The van der Waals surface area contributed by atoms with Crippen molar-refractivity contribution in [3.8, 4) is 0 Å². The van der Waals surface area contributed by atoms with Crippen LogP contribution in [0.2, 0.25) is 0 Å². The van der Waals surface area contributed by atoms with Crippen LogP contribution in [-0.4, -0.2) is 6.72 Å². The first kappa shape index (κ1) is 17.0. The molecule has 0 aliphatic heterocycles. The second-order valence-electron chi connectivity index (χ2n) is 2.61. The summed E-state index contributed by atoms with van der Waals surface area (Å²) in [5.74, 6) is 0. The van der Waals surface area contributed by atoms with E-state index in [-0.39, 0.29) is 0 Å². The van der Waals surface area contributed by atoms with Gasteiger partial charge < -0.3 is 0 Å². The Bertz CT molecular complexity index is 300. The Labute approximate surface area is 101 Å². The molecule has 0 aliphatic carbocycles. The van der Waals surface area contributed by atoms with Gasteiger partial charge in [-0.05, 0) is 36.4 Å². The van der Waals surface area contributed by atoms with Gasteiger partial charge in [-0.1, -0.05) is 53.3 Å². The summed E-state index contributed by atoms with van der Waals surface area (Å²) in [7, 11) is 0. The van der Waals surface area contributed by atoms with Crippen LogP contribution in [0.1, 0.15) is 45.7 Å². The molecule has 0 atom stereocenters. The molecule has 0 saturated heterocycles. The first-order valence-electron chi connectivity index (χ1n) is 6.04. The van der Waals surface area contributed by atoms with Gasteiger partial charge in [0.25, 0.3) is 0 Å². The fraction of sp³-hybridized carbons (Fsp3) is 0.400. The minimum atomic E-state index is 0.905. The molecule has 1 aromatic rings. The highest BCUT2D eigenvalue weighted by atomic mass is 14.7. The topological polar surface area (TPSA) is 12.4 Å². The van der Waals surface area contributed by atoms with E-state index in [9.17, 15) is 0 Å². The maximum absolute atomic E-state index is 3.90. The molecule has 0 saturated carbocycles. The molecule has 0 bridgehead atoms. The highest BCUT2D eigenvalue weighted by molar-refractivity contribution is 5.65. The van der Waals surface area contributed by atoms with Gasteiger partial charge in [-0.15, -0.1) is 0 Å². The first-order valence-corrected chi connectivity index (χ1v) is 6.04. The number of aryl methyl sites for hydroxylation is 1. The molecule has 0 spiro atoms. The Kier molecular flexibility index (Phi) is 12.5. The highest BCUT2D eigenvalue weighted by Gasteiger charge is 1.96. The van der Waals surface area contributed by atoms with Crippen molar-refractivity contribution in [3.05, 3.63) is 35.9 Å². The Morgan fingerprint density at radius 2 is 1.75 bits per heavy atom. The summed E-state index contributed by atoms with van der Waals surface area (Å²) in [6.07, 6.45) is 2.85. The highest BCUT2D eigenvalue weighted by Crippen LogP contribution is 2.21. The predicted molar refractivity (Wildman–Crippen MR) is 77.8 cm³/mol. The van der Waals surface area contributed by atoms with Crippen molar-refractivity contribution in [1.29, 1.82) is 0 Å². The largest absolute Gasteiger partial charge is 0.264 e. The number of aliphatic imine (C=N–C) groups is 1. The van der Waals surface area contributed by atoms with E-state index in [1.54, 1.807) is 0 Å². The minimum Gasteiger partial charge on any atom is -0.264 e. The molecule has 1 rings (SSSR count). The monoisotopic (exact) mass is 219 g/mol. The predicted octanol–water partition coefficient (Wildman–Crippen LogP) is 5.28. The molecule has 0 unspecified atom stereocenters. The Morgan fingerprint density at radius 1 is 1.19 bits per heavy atom. The van der Waals surface area contributed by atoms with Gasteiger partial charge in [0.1, 0.15) is 0 Å². The van der Waals surface area contributed by atoms with Gasteiger partial charge >= 0.3 is 0 Å². The SMILES string of the molecule is C=Cc1cc(CC)ccc1N=C.CC.CC. The molecule has 1 nitrogen and oxygen atoms in total. The molecule has 1 heteroatoms. The van der Waals surface area contributed by atoms with E-state index in [1.165, 1.54) is 5.56 Å². The van der Waals surface area contributed by atoms with Gasteiger partial charge in [0.15, 0.2) is 0 Å². The quantitative estimate of drug-likeness (QED) is 0.613. The van der Waals surface area contributed by atoms with E-state index >= 15 is 0 Å². The molecule has 0 aromatic heterocycles. The average Bonchev–Trinajstić information content (AvgIpc) is 2.42. The zero-order valence-corrected chi connectivity index (χ0v) is 11.4. The number of nitrogens with zero attached hydrogens (tertiary/aromatic N) is 1. The van der Waals surface area contributed by atoms with Crippen molar-refractivity contribution in [2.24, 2.45) is 4.99 Å². The molecule has 16 heavy (non-hydrogen) atoms. The third-order valence-corrected chi connectivity index (χ3v) is 1.89. The molecule has 0 heterocycles. The van der Waals surface area contributed by atoms with Gasteiger partial charge in [-0.2, -0.15) is 0 Å². The van der Waals surface area contributed by atoms with Crippen LogP contribution in [0.3, 0.4) is 0 Å². The second-order valence-corrected chi connectivity index (χ2v) is 2.61. The van der Waals surface area contributed by atoms with Gasteiger partial charge in [0.2, 0.25) is 0 Å². The van der Waals surface area contributed by atoms with Crippen molar-refractivity contribution >= 4 is 18.5 Å². The lowest BCUT2D eigenvalue weighted by Gasteiger charge is -2.02. The van der Waals surface area contributed by atoms with Crippen LogP contribution in [0.25, 0.3) is 6.08 Å². The Balaban J connectivity index is 0. The molecule has 0 N–H and O–H groups in total. The fourth-order valence-electron chi connectivity index (χ4n) is 1.13. The fourth-order valence-corrected chi connectivity index (χ4v) is 1.13. The summed E-state index contributed by atoms with van der Waals surface area (Å²) in [5, 5.41) is 0. The molecule has 1 aromatic carbocycles. The lowest BCUT2D eigenvalue weighted by Crippen LogP contribution is -1.81. The van der Waals surface area contributed by atoms with E-state index in [2.05, 4.69) is 37.3 Å². The van der Waals surface area contributed by atoms with Crippen LogP contribution in [0.4, 0.5) is 5.69 Å². The Hall–Kier alpha value is -1.37. The summed E-state index contributed by atoms with van der Waals surface area (Å²) in [6, 6.07) is 6.14. The standard InChI is InChI=1S/C11H13N.2C2H6/c1-4-9-6-7-11(12-3)10(5-2)8-9;2*1-2/h5-8H,2-4H2,1H3;2*1-2H3. The Morgan fingerprint density at radius 3 is 2.12 bits per heavy atom. The number of hydrogen-bond acceptors (Lipinski definition) is 1. The van der Waals surface area contributed by atoms with E-state index in [0.717, 1.165) is 17.7 Å².